The highest BCUT2D eigenvalue weighted by Gasteiger charge is 2.23. The molecule has 2 amide bonds. The number of hydrogen-bond acceptors (Lipinski definition) is 4. The molecule has 1 aromatic heterocycles. The van der Waals surface area contributed by atoms with Crippen molar-refractivity contribution in [2.75, 3.05) is 33.3 Å². The van der Waals surface area contributed by atoms with E-state index in [9.17, 15) is 9.59 Å². The van der Waals surface area contributed by atoms with Gasteiger partial charge in [-0.1, -0.05) is 13.8 Å². The SMILES string of the molecule is COC(=O)N1CCCN(C(=O)CCc2c(C)nn(CC(C)C)c2C)CC1. The molecular weight excluding hydrogens is 332 g/mol. The molecule has 0 saturated carbocycles. The summed E-state index contributed by atoms with van der Waals surface area (Å²) in [7, 11) is 1.39. The summed E-state index contributed by atoms with van der Waals surface area (Å²) in [5.74, 6) is 0.685. The molecule has 2 heterocycles. The highest BCUT2D eigenvalue weighted by molar-refractivity contribution is 5.76. The molecule has 0 spiro atoms. The molecule has 146 valence electrons. The Morgan fingerprint density at radius 2 is 1.77 bits per heavy atom. The first-order valence-corrected chi connectivity index (χ1v) is 9.47. The quantitative estimate of drug-likeness (QED) is 0.804. The van der Waals surface area contributed by atoms with Crippen molar-refractivity contribution in [3.05, 3.63) is 17.0 Å². The van der Waals surface area contributed by atoms with E-state index in [1.54, 1.807) is 4.90 Å². The Hall–Kier alpha value is -2.05. The fourth-order valence-electron chi connectivity index (χ4n) is 3.49. The van der Waals surface area contributed by atoms with E-state index in [-0.39, 0.29) is 12.0 Å². The molecule has 1 saturated heterocycles. The number of rotatable bonds is 5. The Kier molecular flexibility index (Phi) is 7.06. The summed E-state index contributed by atoms with van der Waals surface area (Å²) in [5.41, 5.74) is 3.37. The maximum atomic E-state index is 12.6. The third-order valence-electron chi connectivity index (χ3n) is 4.94. The van der Waals surface area contributed by atoms with Gasteiger partial charge in [0.2, 0.25) is 5.91 Å². The van der Waals surface area contributed by atoms with Crippen molar-refractivity contribution >= 4 is 12.0 Å². The lowest BCUT2D eigenvalue weighted by atomic mass is 10.1. The smallest absolute Gasteiger partial charge is 0.409 e. The molecule has 2 rings (SSSR count). The van der Waals surface area contributed by atoms with Crippen molar-refractivity contribution in [1.29, 1.82) is 0 Å². The predicted octanol–water partition coefficient (Wildman–Crippen LogP) is 2.39. The lowest BCUT2D eigenvalue weighted by Crippen LogP contribution is -2.37. The number of amides is 2. The fourth-order valence-corrected chi connectivity index (χ4v) is 3.49. The van der Waals surface area contributed by atoms with E-state index in [1.165, 1.54) is 12.7 Å². The van der Waals surface area contributed by atoms with E-state index in [0.29, 0.717) is 44.9 Å². The van der Waals surface area contributed by atoms with Crippen molar-refractivity contribution in [2.45, 2.75) is 53.5 Å². The maximum absolute atomic E-state index is 12.6. The summed E-state index contributed by atoms with van der Waals surface area (Å²) in [6, 6.07) is 0. The number of aryl methyl sites for hydroxylation is 1. The number of methoxy groups -OCH3 is 1. The first-order chi connectivity index (χ1) is 12.3. The van der Waals surface area contributed by atoms with Crippen LogP contribution in [0.15, 0.2) is 0 Å². The highest BCUT2D eigenvalue weighted by atomic mass is 16.5. The van der Waals surface area contributed by atoms with Gasteiger partial charge in [0.25, 0.3) is 0 Å². The van der Waals surface area contributed by atoms with Crippen molar-refractivity contribution in [3.8, 4) is 0 Å². The van der Waals surface area contributed by atoms with E-state index < -0.39 is 0 Å². The molecule has 0 unspecified atom stereocenters. The zero-order valence-corrected chi connectivity index (χ0v) is 16.7. The van der Waals surface area contributed by atoms with Gasteiger partial charge in [0.05, 0.1) is 12.8 Å². The van der Waals surface area contributed by atoms with Gasteiger partial charge < -0.3 is 14.5 Å². The third-order valence-corrected chi connectivity index (χ3v) is 4.94. The minimum absolute atomic E-state index is 0.145. The van der Waals surface area contributed by atoms with Crippen LogP contribution in [0.1, 0.15) is 43.6 Å². The molecule has 0 aliphatic carbocycles. The largest absolute Gasteiger partial charge is 0.453 e. The molecule has 7 nitrogen and oxygen atoms in total. The molecule has 7 heteroatoms. The molecule has 26 heavy (non-hydrogen) atoms. The standard InChI is InChI=1S/C19H32N4O3/c1-14(2)13-23-16(4)17(15(3)20-23)7-8-18(24)21-9-6-10-22(12-11-21)19(25)26-5/h14H,6-13H2,1-5H3. The summed E-state index contributed by atoms with van der Waals surface area (Å²) in [6.07, 6.45) is 1.66. The molecule has 0 N–H and O–H groups in total. The van der Waals surface area contributed by atoms with Gasteiger partial charge in [-0.2, -0.15) is 5.10 Å². The van der Waals surface area contributed by atoms with Crippen LogP contribution in [0.2, 0.25) is 0 Å². The number of aromatic nitrogens is 2. The van der Waals surface area contributed by atoms with Gasteiger partial charge in [0.15, 0.2) is 0 Å². The summed E-state index contributed by atoms with van der Waals surface area (Å²) in [6.45, 7) is 11.8. The normalized spacial score (nSPS) is 15.3. The van der Waals surface area contributed by atoms with Gasteiger partial charge in [-0.05, 0) is 38.2 Å². The number of carbonyl (C=O) groups is 2. The molecule has 1 aromatic rings. The highest BCUT2D eigenvalue weighted by Crippen LogP contribution is 2.17. The van der Waals surface area contributed by atoms with Crippen molar-refractivity contribution < 1.29 is 14.3 Å². The van der Waals surface area contributed by atoms with Crippen LogP contribution < -0.4 is 0 Å². The third kappa shape index (κ3) is 4.99. The number of nitrogens with zero attached hydrogens (tertiary/aromatic N) is 4. The van der Waals surface area contributed by atoms with Crippen LogP contribution in [0.5, 0.6) is 0 Å². The molecule has 0 bridgehead atoms. The van der Waals surface area contributed by atoms with Crippen molar-refractivity contribution in [1.82, 2.24) is 19.6 Å². The second-order valence-corrected chi connectivity index (χ2v) is 7.42. The lowest BCUT2D eigenvalue weighted by Gasteiger charge is -2.21. The Labute approximate surface area is 156 Å². The molecule has 0 aromatic carbocycles. The fraction of sp³-hybridized carbons (Fsp3) is 0.737. The van der Waals surface area contributed by atoms with E-state index in [0.717, 1.165) is 24.4 Å². The minimum atomic E-state index is -0.317. The second-order valence-electron chi connectivity index (χ2n) is 7.42. The van der Waals surface area contributed by atoms with Crippen molar-refractivity contribution in [2.24, 2.45) is 5.92 Å². The van der Waals surface area contributed by atoms with E-state index in [1.807, 2.05) is 11.8 Å². The van der Waals surface area contributed by atoms with E-state index >= 15 is 0 Å². The van der Waals surface area contributed by atoms with E-state index in [4.69, 9.17) is 4.74 Å². The molecule has 0 atom stereocenters. The number of ether oxygens (including phenoxy) is 1. The van der Waals surface area contributed by atoms with Crippen LogP contribution in [0.25, 0.3) is 0 Å². The van der Waals surface area contributed by atoms with Crippen LogP contribution in [0.4, 0.5) is 4.79 Å². The summed E-state index contributed by atoms with van der Waals surface area (Å²) < 4.78 is 6.83. The van der Waals surface area contributed by atoms with Gasteiger partial charge in [-0.25, -0.2) is 4.79 Å². The molecule has 1 aliphatic heterocycles. The Morgan fingerprint density at radius 3 is 2.42 bits per heavy atom. The minimum Gasteiger partial charge on any atom is -0.453 e. The molecule has 0 radical (unpaired) electrons. The monoisotopic (exact) mass is 364 g/mol. The zero-order chi connectivity index (χ0) is 19.3. The Balaban J connectivity index is 1.92. The Morgan fingerprint density at radius 1 is 1.12 bits per heavy atom. The maximum Gasteiger partial charge on any atom is 0.409 e. The van der Waals surface area contributed by atoms with Gasteiger partial charge in [0.1, 0.15) is 0 Å². The Bertz CT molecular complexity index is 639. The summed E-state index contributed by atoms with van der Waals surface area (Å²) in [4.78, 5) is 27.8. The average molecular weight is 364 g/mol. The van der Waals surface area contributed by atoms with Gasteiger partial charge in [0, 0.05) is 44.8 Å². The van der Waals surface area contributed by atoms with Crippen LogP contribution >= 0.6 is 0 Å². The molecular formula is C19H32N4O3. The average Bonchev–Trinajstić information content (AvgIpc) is 2.79. The lowest BCUT2D eigenvalue weighted by molar-refractivity contribution is -0.131. The van der Waals surface area contributed by atoms with Gasteiger partial charge in [-0.15, -0.1) is 0 Å². The molecule has 1 aliphatic rings. The molecule has 1 fully saturated rings. The van der Waals surface area contributed by atoms with Crippen LogP contribution in [-0.2, 0) is 22.5 Å². The first kappa shape index (κ1) is 20.3. The zero-order valence-electron chi connectivity index (χ0n) is 16.7. The van der Waals surface area contributed by atoms with Crippen LogP contribution in [0.3, 0.4) is 0 Å². The van der Waals surface area contributed by atoms with Crippen LogP contribution in [-0.4, -0.2) is 64.9 Å². The summed E-state index contributed by atoms with van der Waals surface area (Å²) in [5, 5.41) is 4.63. The van der Waals surface area contributed by atoms with E-state index in [2.05, 4.69) is 30.6 Å². The number of carbonyl (C=O) groups excluding carboxylic acids is 2. The second kappa shape index (κ2) is 9.05. The number of hydrogen-bond donors (Lipinski definition) is 0. The van der Waals surface area contributed by atoms with Gasteiger partial charge >= 0.3 is 6.09 Å². The summed E-state index contributed by atoms with van der Waals surface area (Å²) >= 11 is 0. The topological polar surface area (TPSA) is 67.7 Å². The van der Waals surface area contributed by atoms with Crippen LogP contribution in [0, 0.1) is 19.8 Å². The van der Waals surface area contributed by atoms with Crippen molar-refractivity contribution in [3.63, 3.8) is 0 Å². The predicted molar refractivity (Wildman–Crippen MR) is 100 cm³/mol. The van der Waals surface area contributed by atoms with Gasteiger partial charge in [-0.3, -0.25) is 9.48 Å². The first-order valence-electron chi connectivity index (χ1n) is 9.47.